The summed E-state index contributed by atoms with van der Waals surface area (Å²) in [7, 11) is 0. The fourth-order valence-electron chi connectivity index (χ4n) is 3.36. The first-order chi connectivity index (χ1) is 13.0. The van der Waals surface area contributed by atoms with Crippen LogP contribution in [0.25, 0.3) is 0 Å². The third-order valence-electron chi connectivity index (χ3n) is 4.70. The Labute approximate surface area is 158 Å². The Morgan fingerprint density at radius 3 is 2.26 bits per heavy atom. The summed E-state index contributed by atoms with van der Waals surface area (Å²) in [5.41, 5.74) is 0.423. The van der Waals surface area contributed by atoms with Crippen molar-refractivity contribution in [2.45, 2.75) is 30.6 Å². The topological polar surface area (TPSA) is 117 Å². The van der Waals surface area contributed by atoms with Crippen LogP contribution in [0.4, 0.5) is 0 Å². The molecule has 2 amide bonds. The van der Waals surface area contributed by atoms with E-state index in [0.29, 0.717) is 5.06 Å². The van der Waals surface area contributed by atoms with Crippen molar-refractivity contribution in [3.63, 3.8) is 0 Å². The normalized spacial score (nSPS) is 30.5. The second-order valence-corrected chi connectivity index (χ2v) is 7.18. The van der Waals surface area contributed by atoms with Gasteiger partial charge in [0.25, 0.3) is 11.8 Å². The van der Waals surface area contributed by atoms with Crippen LogP contribution >= 0.6 is 11.3 Å². The first-order valence-electron chi connectivity index (χ1n) is 8.32. The number of rotatable bonds is 4. The number of thiophene rings is 1. The van der Waals surface area contributed by atoms with E-state index in [1.165, 1.54) is 23.5 Å². The largest absolute Gasteiger partial charge is 0.453 e. The lowest BCUT2D eigenvalue weighted by molar-refractivity contribution is -0.253. The lowest BCUT2D eigenvalue weighted by Gasteiger charge is -2.44. The zero-order valence-corrected chi connectivity index (χ0v) is 14.8. The number of carbonyl (C=O) groups excluding carboxylic acids is 2. The first kappa shape index (κ1) is 18.1. The molecule has 1 aromatic heterocycles. The van der Waals surface area contributed by atoms with Crippen molar-refractivity contribution in [3.8, 4) is 5.06 Å². The minimum absolute atomic E-state index is 0.211. The van der Waals surface area contributed by atoms with Crippen LogP contribution in [0.1, 0.15) is 20.7 Å². The molecule has 3 N–H and O–H groups in total. The lowest BCUT2D eigenvalue weighted by Crippen LogP contribution is -2.66. The van der Waals surface area contributed by atoms with Crippen molar-refractivity contribution in [3.05, 3.63) is 52.9 Å². The van der Waals surface area contributed by atoms with Gasteiger partial charge in [0.2, 0.25) is 6.29 Å². The maximum atomic E-state index is 12.8. The van der Waals surface area contributed by atoms with Crippen LogP contribution in [0.15, 0.2) is 41.8 Å². The quantitative estimate of drug-likeness (QED) is 0.639. The highest BCUT2D eigenvalue weighted by molar-refractivity contribution is 7.11. The van der Waals surface area contributed by atoms with Crippen molar-refractivity contribution in [1.29, 1.82) is 0 Å². The number of aliphatic hydroxyl groups excluding tert-OH is 3. The number of hydrogen-bond donors (Lipinski definition) is 3. The number of ether oxygens (including phenoxy) is 2. The first-order valence-corrected chi connectivity index (χ1v) is 9.20. The summed E-state index contributed by atoms with van der Waals surface area (Å²) in [5, 5.41) is 32.6. The monoisotopic (exact) mass is 391 g/mol. The van der Waals surface area contributed by atoms with Crippen molar-refractivity contribution in [2.75, 3.05) is 6.61 Å². The number of aliphatic hydroxyl groups is 3. The fourth-order valence-corrected chi connectivity index (χ4v) is 3.96. The number of amides is 2. The van der Waals surface area contributed by atoms with Crippen LogP contribution in [0.5, 0.6) is 5.06 Å². The molecule has 8 nitrogen and oxygen atoms in total. The summed E-state index contributed by atoms with van der Waals surface area (Å²) in [4.78, 5) is 26.5. The number of imide groups is 1. The van der Waals surface area contributed by atoms with E-state index in [1.807, 2.05) is 0 Å². The standard InChI is InChI=1S/C18H17NO7S/c20-8-11-14(21)15(22)13(18(25-11)26-12-6-3-7-27-12)19-16(23)9-4-1-2-5-10(9)17(19)24/h1-7,11,13-15,18,20-22H,8H2/t11-,13-,14-,15-,18+/m1/s1. The highest BCUT2D eigenvalue weighted by atomic mass is 32.1. The molecule has 0 unspecified atom stereocenters. The van der Waals surface area contributed by atoms with E-state index >= 15 is 0 Å². The lowest BCUT2D eigenvalue weighted by atomic mass is 9.95. The van der Waals surface area contributed by atoms with Gasteiger partial charge in [-0.25, -0.2) is 0 Å². The van der Waals surface area contributed by atoms with E-state index in [2.05, 4.69) is 0 Å². The van der Waals surface area contributed by atoms with E-state index < -0.39 is 49.1 Å². The summed E-state index contributed by atoms with van der Waals surface area (Å²) < 4.78 is 11.3. The molecule has 2 aliphatic heterocycles. The molecule has 2 aromatic rings. The van der Waals surface area contributed by atoms with Crippen LogP contribution in [0.2, 0.25) is 0 Å². The summed E-state index contributed by atoms with van der Waals surface area (Å²) in [6, 6.07) is 8.45. The van der Waals surface area contributed by atoms with E-state index in [4.69, 9.17) is 9.47 Å². The molecule has 27 heavy (non-hydrogen) atoms. The zero-order chi connectivity index (χ0) is 19.1. The molecule has 0 radical (unpaired) electrons. The Bertz CT molecular complexity index is 820. The van der Waals surface area contributed by atoms with Gasteiger partial charge < -0.3 is 24.8 Å². The van der Waals surface area contributed by atoms with Crippen LogP contribution in [-0.4, -0.2) is 69.3 Å². The summed E-state index contributed by atoms with van der Waals surface area (Å²) in [6.45, 7) is -0.558. The van der Waals surface area contributed by atoms with Gasteiger partial charge in [-0.1, -0.05) is 12.1 Å². The third-order valence-corrected chi connectivity index (χ3v) is 5.46. The molecular weight excluding hydrogens is 374 g/mol. The van der Waals surface area contributed by atoms with Gasteiger partial charge in [-0.05, 0) is 29.6 Å². The molecule has 1 fully saturated rings. The molecule has 0 saturated carbocycles. The Morgan fingerprint density at radius 2 is 1.70 bits per heavy atom. The molecule has 142 valence electrons. The smallest absolute Gasteiger partial charge is 0.262 e. The molecule has 0 spiro atoms. The Hall–Kier alpha value is -2.30. The molecule has 5 atom stereocenters. The van der Waals surface area contributed by atoms with Crippen LogP contribution in [0, 0.1) is 0 Å². The Kier molecular flexibility index (Phi) is 4.70. The minimum atomic E-state index is -1.55. The maximum Gasteiger partial charge on any atom is 0.262 e. The zero-order valence-electron chi connectivity index (χ0n) is 14.0. The summed E-state index contributed by atoms with van der Waals surface area (Å²) in [5.74, 6) is -1.20. The minimum Gasteiger partial charge on any atom is -0.453 e. The average molecular weight is 391 g/mol. The number of carbonyl (C=O) groups is 2. The van der Waals surface area contributed by atoms with Crippen molar-refractivity contribution in [1.82, 2.24) is 4.90 Å². The predicted molar refractivity (Wildman–Crippen MR) is 93.4 cm³/mol. The van der Waals surface area contributed by atoms with Gasteiger partial charge in [-0.15, -0.1) is 11.3 Å². The highest BCUT2D eigenvalue weighted by Gasteiger charge is 2.53. The van der Waals surface area contributed by atoms with Crippen molar-refractivity contribution < 1.29 is 34.4 Å². The van der Waals surface area contributed by atoms with Gasteiger partial charge in [0.15, 0.2) is 5.06 Å². The molecule has 2 aliphatic rings. The number of benzene rings is 1. The van der Waals surface area contributed by atoms with E-state index in [1.54, 1.807) is 29.6 Å². The molecule has 9 heteroatoms. The fraction of sp³-hybridized carbons (Fsp3) is 0.333. The molecule has 0 bridgehead atoms. The van der Waals surface area contributed by atoms with Gasteiger partial charge in [-0.2, -0.15) is 0 Å². The average Bonchev–Trinajstić information content (AvgIpc) is 3.27. The maximum absolute atomic E-state index is 12.8. The van der Waals surface area contributed by atoms with E-state index in [0.717, 1.165) is 4.90 Å². The van der Waals surface area contributed by atoms with Gasteiger partial charge in [-0.3, -0.25) is 14.5 Å². The van der Waals surface area contributed by atoms with Crippen LogP contribution in [0.3, 0.4) is 0 Å². The van der Waals surface area contributed by atoms with Crippen LogP contribution in [-0.2, 0) is 4.74 Å². The van der Waals surface area contributed by atoms with Gasteiger partial charge in [0.1, 0.15) is 24.4 Å². The predicted octanol–water partition coefficient (Wildman–Crippen LogP) is 0.231. The van der Waals surface area contributed by atoms with Crippen LogP contribution < -0.4 is 4.74 Å². The summed E-state index contributed by atoms with van der Waals surface area (Å²) >= 11 is 1.26. The van der Waals surface area contributed by atoms with Crippen molar-refractivity contribution >= 4 is 23.2 Å². The number of nitrogens with zero attached hydrogens (tertiary/aromatic N) is 1. The van der Waals surface area contributed by atoms with Gasteiger partial charge in [0, 0.05) is 0 Å². The van der Waals surface area contributed by atoms with Crippen molar-refractivity contribution in [2.24, 2.45) is 0 Å². The third kappa shape index (κ3) is 2.93. The SMILES string of the molecule is O=C1c2ccccc2C(=O)N1[C@H]1[C@H](Oc2cccs2)O[C@H](CO)[C@@H](O)[C@@H]1O. The van der Waals surface area contributed by atoms with E-state index in [-0.39, 0.29) is 11.1 Å². The Morgan fingerprint density at radius 1 is 1.04 bits per heavy atom. The Balaban J connectivity index is 1.71. The second-order valence-electron chi connectivity index (χ2n) is 6.27. The summed E-state index contributed by atoms with van der Waals surface area (Å²) in [6.07, 6.45) is -5.41. The molecular formula is C18H17NO7S. The van der Waals surface area contributed by atoms with Gasteiger partial charge >= 0.3 is 0 Å². The van der Waals surface area contributed by atoms with Gasteiger partial charge in [0.05, 0.1) is 17.7 Å². The number of hydrogen-bond acceptors (Lipinski definition) is 8. The second kappa shape index (κ2) is 7.02. The molecule has 4 rings (SSSR count). The molecule has 1 aromatic carbocycles. The molecule has 0 aliphatic carbocycles. The number of fused-ring (bicyclic) bond motifs is 1. The van der Waals surface area contributed by atoms with E-state index in [9.17, 15) is 24.9 Å². The molecule has 3 heterocycles. The molecule has 1 saturated heterocycles. The highest BCUT2D eigenvalue weighted by Crippen LogP contribution is 2.34.